The number of nitroso groups, excluding NO2 is 1. The van der Waals surface area contributed by atoms with Gasteiger partial charge in [0.25, 0.3) is 0 Å². The Kier molecular flexibility index (Phi) is 15.9. The summed E-state index contributed by atoms with van der Waals surface area (Å²) in [7, 11) is 0. The SMILES string of the molecule is C/C=C\C=C(/C)C/C(C)=C/C/C=C\C=C\Sc1c(C)c(CN=O)c(C)n1Cc1ccncc1.CC(C)C. The van der Waals surface area contributed by atoms with Gasteiger partial charge in [0.1, 0.15) is 6.54 Å². The zero-order valence-electron chi connectivity index (χ0n) is 24.0. The molecule has 5 heteroatoms. The molecule has 2 aromatic heterocycles. The average molecular weight is 520 g/mol. The minimum absolute atomic E-state index is 0.202. The first-order valence-electron chi connectivity index (χ1n) is 13.0. The maximum atomic E-state index is 11.0. The first kappa shape index (κ1) is 32.1. The lowest BCUT2D eigenvalue weighted by molar-refractivity contribution is 0.703. The molecule has 2 aromatic rings. The quantitative estimate of drug-likeness (QED) is 0.121. The molecule has 0 aliphatic carbocycles. The molecule has 2 heterocycles. The molecule has 37 heavy (non-hydrogen) atoms. The summed E-state index contributed by atoms with van der Waals surface area (Å²) in [5.74, 6) is 0.833. The lowest BCUT2D eigenvalue weighted by atomic mass is 10.1. The van der Waals surface area contributed by atoms with E-state index in [1.165, 1.54) is 16.7 Å². The lowest BCUT2D eigenvalue weighted by Crippen LogP contribution is -2.03. The Morgan fingerprint density at radius 2 is 1.76 bits per heavy atom. The number of thioether (sulfide) groups is 1. The summed E-state index contributed by atoms with van der Waals surface area (Å²) in [5, 5.41) is 6.38. The van der Waals surface area contributed by atoms with E-state index in [9.17, 15) is 4.91 Å². The van der Waals surface area contributed by atoms with Crippen molar-refractivity contribution in [2.75, 3.05) is 0 Å². The van der Waals surface area contributed by atoms with Gasteiger partial charge in [-0.25, -0.2) is 0 Å². The van der Waals surface area contributed by atoms with Crippen molar-refractivity contribution in [3.63, 3.8) is 0 Å². The van der Waals surface area contributed by atoms with Gasteiger partial charge in [0, 0.05) is 30.2 Å². The van der Waals surface area contributed by atoms with E-state index in [1.54, 1.807) is 11.8 Å². The van der Waals surface area contributed by atoms with E-state index in [-0.39, 0.29) is 6.54 Å². The Bertz CT molecular complexity index is 1100. The van der Waals surface area contributed by atoms with Crippen LogP contribution in [0.25, 0.3) is 0 Å². The molecule has 2 rings (SSSR count). The van der Waals surface area contributed by atoms with E-state index in [0.29, 0.717) is 0 Å². The molecular formula is C32H45N3OS. The first-order valence-corrected chi connectivity index (χ1v) is 13.9. The Balaban J connectivity index is 0.00000159. The standard InChI is InChI=1S/C28H35N3OS.C4H10/c1-6-7-12-22(2)19-23(3)13-10-8-9-11-18-33-28-24(4)27(20-30-32)25(5)31(28)21-26-14-16-29-17-15-26;1-4(2)3/h6-9,11-18H,10,19-21H2,1-5H3;4H,1-3H3/b7-6-,9-8-,18-11+,22-12+,23-13+;. The molecular weight excluding hydrogens is 474 g/mol. The van der Waals surface area contributed by atoms with Crippen molar-refractivity contribution >= 4 is 11.8 Å². The monoisotopic (exact) mass is 519 g/mol. The molecule has 4 nitrogen and oxygen atoms in total. The van der Waals surface area contributed by atoms with E-state index >= 15 is 0 Å². The summed E-state index contributed by atoms with van der Waals surface area (Å²) in [6.07, 6.45) is 20.4. The van der Waals surface area contributed by atoms with Crippen molar-refractivity contribution in [3.8, 4) is 0 Å². The van der Waals surface area contributed by atoms with Crippen LogP contribution in [0.3, 0.4) is 0 Å². The van der Waals surface area contributed by atoms with Gasteiger partial charge >= 0.3 is 0 Å². The smallest absolute Gasteiger partial charge is 0.108 e. The molecule has 0 aliphatic rings. The van der Waals surface area contributed by atoms with Gasteiger partial charge in [0.15, 0.2) is 0 Å². The third-order valence-electron chi connectivity index (χ3n) is 5.41. The van der Waals surface area contributed by atoms with Crippen LogP contribution in [0.15, 0.2) is 93.8 Å². The largest absolute Gasteiger partial charge is 0.335 e. The van der Waals surface area contributed by atoms with Crippen LogP contribution >= 0.6 is 11.8 Å². The molecule has 0 atom stereocenters. The third kappa shape index (κ3) is 12.7. The summed E-state index contributed by atoms with van der Waals surface area (Å²) in [6, 6.07) is 4.04. The van der Waals surface area contributed by atoms with Crippen LogP contribution in [0.1, 0.15) is 76.8 Å². The predicted octanol–water partition coefficient (Wildman–Crippen LogP) is 9.89. The molecule has 0 fully saturated rings. The van der Waals surface area contributed by atoms with E-state index in [1.807, 2.05) is 31.5 Å². The van der Waals surface area contributed by atoms with Crippen molar-refractivity contribution in [1.29, 1.82) is 0 Å². The highest BCUT2D eigenvalue weighted by atomic mass is 32.2. The zero-order valence-corrected chi connectivity index (χ0v) is 24.8. The minimum Gasteiger partial charge on any atom is -0.335 e. The second-order valence-electron chi connectivity index (χ2n) is 9.83. The van der Waals surface area contributed by atoms with Gasteiger partial charge in [-0.1, -0.05) is 91.4 Å². The second kappa shape index (κ2) is 18.3. The fourth-order valence-electron chi connectivity index (χ4n) is 3.64. The molecule has 0 aliphatic heterocycles. The molecule has 0 spiro atoms. The molecule has 0 unspecified atom stereocenters. The molecule has 0 bridgehead atoms. The van der Waals surface area contributed by atoms with Crippen LogP contribution in [-0.2, 0) is 13.1 Å². The van der Waals surface area contributed by atoms with Gasteiger partial charge in [-0.3, -0.25) is 4.98 Å². The molecule has 0 amide bonds. The summed E-state index contributed by atoms with van der Waals surface area (Å²) in [6.45, 7) is 18.0. The van der Waals surface area contributed by atoms with E-state index in [2.05, 4.69) is 111 Å². The van der Waals surface area contributed by atoms with E-state index in [0.717, 1.165) is 47.2 Å². The fourth-order valence-corrected chi connectivity index (χ4v) is 4.56. The van der Waals surface area contributed by atoms with Gasteiger partial charge < -0.3 is 4.57 Å². The maximum Gasteiger partial charge on any atom is 0.108 e. The molecule has 0 saturated carbocycles. The average Bonchev–Trinajstić information content (AvgIpc) is 3.06. The topological polar surface area (TPSA) is 47.2 Å². The van der Waals surface area contributed by atoms with Crippen LogP contribution in [-0.4, -0.2) is 9.55 Å². The normalized spacial score (nSPS) is 12.7. The molecule has 0 aromatic carbocycles. The number of rotatable bonds is 12. The minimum atomic E-state index is 0.202. The van der Waals surface area contributed by atoms with Crippen molar-refractivity contribution < 1.29 is 0 Å². The maximum absolute atomic E-state index is 11.0. The highest BCUT2D eigenvalue weighted by molar-refractivity contribution is 8.02. The number of allylic oxidation sites excluding steroid dienone is 9. The van der Waals surface area contributed by atoms with E-state index < -0.39 is 0 Å². The fraction of sp³-hybridized carbons (Fsp3) is 0.406. The highest BCUT2D eigenvalue weighted by Crippen LogP contribution is 2.32. The Hall–Kier alpha value is -2.92. The van der Waals surface area contributed by atoms with Crippen molar-refractivity contribution in [1.82, 2.24) is 9.55 Å². The Labute approximate surface area is 229 Å². The van der Waals surface area contributed by atoms with Gasteiger partial charge in [-0.15, -0.1) is 0 Å². The number of aromatic nitrogens is 2. The number of hydrogen-bond donors (Lipinski definition) is 0. The van der Waals surface area contributed by atoms with Gasteiger partial charge in [0.2, 0.25) is 0 Å². The third-order valence-corrected chi connectivity index (χ3v) is 6.45. The molecule has 0 saturated heterocycles. The summed E-state index contributed by atoms with van der Waals surface area (Å²) >= 11 is 1.68. The highest BCUT2D eigenvalue weighted by Gasteiger charge is 2.17. The van der Waals surface area contributed by atoms with Gasteiger partial charge in [-0.05, 0) is 82.0 Å². The number of nitrogens with zero attached hydrogens (tertiary/aromatic N) is 3. The lowest BCUT2D eigenvalue weighted by Gasteiger charge is -2.11. The predicted molar refractivity (Wildman–Crippen MR) is 163 cm³/mol. The number of pyridine rings is 1. The molecule has 0 radical (unpaired) electrons. The van der Waals surface area contributed by atoms with Crippen molar-refractivity contribution in [2.24, 2.45) is 11.1 Å². The molecule has 0 N–H and O–H groups in total. The molecule has 200 valence electrons. The van der Waals surface area contributed by atoms with Crippen molar-refractivity contribution in [3.05, 3.63) is 111 Å². The zero-order chi connectivity index (χ0) is 27.6. The summed E-state index contributed by atoms with van der Waals surface area (Å²) in [4.78, 5) is 15.1. The van der Waals surface area contributed by atoms with Crippen LogP contribution in [0.4, 0.5) is 0 Å². The summed E-state index contributed by atoms with van der Waals surface area (Å²) in [5.41, 5.74) is 7.16. The van der Waals surface area contributed by atoms with Gasteiger partial charge in [0.05, 0.1) is 5.03 Å². The van der Waals surface area contributed by atoms with Gasteiger partial charge in [-0.2, -0.15) is 4.91 Å². The van der Waals surface area contributed by atoms with Crippen LogP contribution in [0, 0.1) is 24.7 Å². The first-order chi connectivity index (χ1) is 17.7. The van der Waals surface area contributed by atoms with Crippen LogP contribution in [0.2, 0.25) is 0 Å². The van der Waals surface area contributed by atoms with Crippen molar-refractivity contribution in [2.45, 2.75) is 86.3 Å². The number of hydrogen-bond acceptors (Lipinski definition) is 4. The Morgan fingerprint density at radius 3 is 2.38 bits per heavy atom. The van der Waals surface area contributed by atoms with Crippen LogP contribution in [0.5, 0.6) is 0 Å². The second-order valence-corrected chi connectivity index (χ2v) is 10.7. The summed E-state index contributed by atoms with van der Waals surface area (Å²) < 4.78 is 2.26. The van der Waals surface area contributed by atoms with E-state index in [4.69, 9.17) is 0 Å². The van der Waals surface area contributed by atoms with Crippen LogP contribution < -0.4 is 0 Å². The Morgan fingerprint density at radius 1 is 1.08 bits per heavy atom.